The van der Waals surface area contributed by atoms with Gasteiger partial charge in [0.2, 0.25) is 17.8 Å². The molecule has 0 aliphatic rings. The molecule has 0 saturated heterocycles. The quantitative estimate of drug-likeness (QED) is 0.774. The number of thiazole rings is 1. The van der Waals surface area contributed by atoms with Crippen LogP contribution in [0, 0.1) is 0 Å². The van der Waals surface area contributed by atoms with Crippen LogP contribution in [0.25, 0.3) is 0 Å². The fraction of sp³-hybridized carbons (Fsp3) is 0.538. The number of hydrogen-bond acceptors (Lipinski definition) is 8. The van der Waals surface area contributed by atoms with E-state index in [1.807, 2.05) is 18.6 Å². The lowest BCUT2D eigenvalue weighted by Gasteiger charge is -2.19. The monoisotopic (exact) mass is 307 g/mol. The molecule has 0 radical (unpaired) electrons. The summed E-state index contributed by atoms with van der Waals surface area (Å²) in [4.78, 5) is 20.6. The zero-order valence-corrected chi connectivity index (χ0v) is 13.4. The Bertz CT molecular complexity index is 539. The van der Waals surface area contributed by atoms with Crippen LogP contribution in [0.2, 0.25) is 0 Å². The average molecular weight is 307 g/mol. The van der Waals surface area contributed by atoms with Gasteiger partial charge in [-0.05, 0) is 20.8 Å². The van der Waals surface area contributed by atoms with Gasteiger partial charge in [0.05, 0.1) is 12.1 Å². The molecular formula is C13H21N7S. The molecule has 2 aromatic heterocycles. The highest BCUT2D eigenvalue weighted by atomic mass is 32.1. The number of anilines is 3. The Hall–Kier alpha value is -1.96. The Morgan fingerprint density at radius 2 is 1.76 bits per heavy atom. The second-order valence-electron chi connectivity index (χ2n) is 4.31. The minimum Gasteiger partial charge on any atom is -0.354 e. The van der Waals surface area contributed by atoms with Crippen molar-refractivity contribution in [2.75, 3.05) is 35.2 Å². The van der Waals surface area contributed by atoms with E-state index < -0.39 is 0 Å². The van der Waals surface area contributed by atoms with Crippen molar-refractivity contribution in [3.05, 3.63) is 16.6 Å². The molecule has 2 rings (SSSR count). The highest BCUT2D eigenvalue weighted by Gasteiger charge is 2.10. The lowest BCUT2D eigenvalue weighted by Crippen LogP contribution is -2.25. The van der Waals surface area contributed by atoms with Crippen LogP contribution < -0.4 is 15.5 Å². The number of aromatic nitrogens is 4. The maximum atomic E-state index is 4.49. The van der Waals surface area contributed by atoms with Crippen molar-refractivity contribution in [2.24, 2.45) is 0 Å². The molecule has 0 aliphatic heterocycles. The fourth-order valence-electron chi connectivity index (χ4n) is 1.82. The molecular weight excluding hydrogens is 286 g/mol. The minimum absolute atomic E-state index is 0.580. The van der Waals surface area contributed by atoms with Crippen LogP contribution in [-0.2, 0) is 6.54 Å². The van der Waals surface area contributed by atoms with Gasteiger partial charge in [0.15, 0.2) is 0 Å². The summed E-state index contributed by atoms with van der Waals surface area (Å²) in [6.45, 7) is 9.36. The molecule has 2 N–H and O–H groups in total. The number of hydrogen-bond donors (Lipinski definition) is 2. The van der Waals surface area contributed by atoms with Crippen molar-refractivity contribution >= 4 is 29.2 Å². The minimum atomic E-state index is 0.580. The Balaban J connectivity index is 2.18. The van der Waals surface area contributed by atoms with E-state index in [1.54, 1.807) is 11.3 Å². The first kappa shape index (κ1) is 15.4. The number of nitrogens with one attached hydrogen (secondary N) is 2. The molecule has 0 atom stereocenters. The zero-order valence-electron chi connectivity index (χ0n) is 12.6. The van der Waals surface area contributed by atoms with Gasteiger partial charge in [-0.3, -0.25) is 4.98 Å². The van der Waals surface area contributed by atoms with Crippen LogP contribution in [0.5, 0.6) is 0 Å². The lowest BCUT2D eigenvalue weighted by atomic mass is 10.5. The third-order valence-corrected chi connectivity index (χ3v) is 3.69. The van der Waals surface area contributed by atoms with Crippen molar-refractivity contribution in [2.45, 2.75) is 27.3 Å². The van der Waals surface area contributed by atoms with E-state index in [4.69, 9.17) is 0 Å². The maximum absolute atomic E-state index is 4.49. The molecule has 0 spiro atoms. The highest BCUT2D eigenvalue weighted by molar-refractivity contribution is 7.09. The first-order valence-corrected chi connectivity index (χ1v) is 8.00. The molecule has 0 aromatic carbocycles. The van der Waals surface area contributed by atoms with Gasteiger partial charge < -0.3 is 15.5 Å². The normalized spacial score (nSPS) is 10.4. The van der Waals surface area contributed by atoms with Gasteiger partial charge in [0.1, 0.15) is 0 Å². The summed E-state index contributed by atoms with van der Waals surface area (Å²) in [5, 5.41) is 6.38. The van der Waals surface area contributed by atoms with Gasteiger partial charge in [0.25, 0.3) is 0 Å². The standard InChI is InChI=1S/C13H21N7S/c1-4-15-11-17-12(16-8-10-7-14-9-21-10)19-13(18-11)20(5-2)6-3/h7,9H,4-6,8H2,1-3H3,(H2,15,16,17,18,19). The van der Waals surface area contributed by atoms with Crippen LogP contribution in [0.3, 0.4) is 0 Å². The van der Waals surface area contributed by atoms with Crippen LogP contribution in [0.15, 0.2) is 11.7 Å². The smallest absolute Gasteiger partial charge is 0.231 e. The van der Waals surface area contributed by atoms with Crippen molar-refractivity contribution < 1.29 is 0 Å². The van der Waals surface area contributed by atoms with Crippen molar-refractivity contribution in [1.29, 1.82) is 0 Å². The summed E-state index contributed by atoms with van der Waals surface area (Å²) in [6, 6.07) is 0. The van der Waals surface area contributed by atoms with E-state index in [9.17, 15) is 0 Å². The van der Waals surface area contributed by atoms with E-state index in [1.165, 1.54) is 0 Å². The Morgan fingerprint density at radius 3 is 2.33 bits per heavy atom. The van der Waals surface area contributed by atoms with Crippen molar-refractivity contribution in [3.8, 4) is 0 Å². The summed E-state index contributed by atoms with van der Waals surface area (Å²) < 4.78 is 0. The Morgan fingerprint density at radius 1 is 1.05 bits per heavy atom. The summed E-state index contributed by atoms with van der Waals surface area (Å²) in [5.74, 6) is 1.87. The third-order valence-electron chi connectivity index (χ3n) is 2.91. The number of rotatable bonds is 8. The summed E-state index contributed by atoms with van der Waals surface area (Å²) in [5.41, 5.74) is 1.82. The summed E-state index contributed by atoms with van der Waals surface area (Å²) >= 11 is 1.61. The van der Waals surface area contributed by atoms with Gasteiger partial charge in [-0.1, -0.05) is 0 Å². The molecule has 0 bridgehead atoms. The molecule has 8 heteroatoms. The van der Waals surface area contributed by atoms with Gasteiger partial charge in [-0.25, -0.2) is 0 Å². The molecule has 114 valence electrons. The van der Waals surface area contributed by atoms with Crippen LogP contribution in [0.4, 0.5) is 17.8 Å². The van der Waals surface area contributed by atoms with E-state index >= 15 is 0 Å². The Labute approximate surface area is 128 Å². The molecule has 7 nitrogen and oxygen atoms in total. The number of nitrogens with zero attached hydrogens (tertiary/aromatic N) is 5. The molecule has 21 heavy (non-hydrogen) atoms. The second kappa shape index (κ2) is 7.72. The summed E-state index contributed by atoms with van der Waals surface area (Å²) in [7, 11) is 0. The first-order valence-electron chi connectivity index (χ1n) is 7.12. The van der Waals surface area contributed by atoms with Gasteiger partial charge in [-0.2, -0.15) is 15.0 Å². The van der Waals surface area contributed by atoms with E-state index in [2.05, 4.69) is 49.3 Å². The van der Waals surface area contributed by atoms with Gasteiger partial charge >= 0.3 is 0 Å². The van der Waals surface area contributed by atoms with Gasteiger partial charge in [-0.15, -0.1) is 11.3 Å². The molecule has 0 unspecified atom stereocenters. The molecule has 2 heterocycles. The van der Waals surface area contributed by atoms with Crippen LogP contribution in [-0.4, -0.2) is 39.6 Å². The third kappa shape index (κ3) is 4.25. The average Bonchev–Trinajstić information content (AvgIpc) is 3.00. The molecule has 0 saturated carbocycles. The zero-order chi connectivity index (χ0) is 15.1. The maximum Gasteiger partial charge on any atom is 0.231 e. The highest BCUT2D eigenvalue weighted by Crippen LogP contribution is 2.15. The summed E-state index contributed by atoms with van der Waals surface area (Å²) in [6.07, 6.45) is 1.84. The topological polar surface area (TPSA) is 78.9 Å². The predicted molar refractivity (Wildman–Crippen MR) is 87.0 cm³/mol. The molecule has 0 aliphatic carbocycles. The van der Waals surface area contributed by atoms with Crippen LogP contribution >= 0.6 is 11.3 Å². The predicted octanol–water partition coefficient (Wildman–Crippen LogP) is 2.22. The lowest BCUT2D eigenvalue weighted by molar-refractivity contribution is 0.811. The molecule has 2 aromatic rings. The fourth-order valence-corrected chi connectivity index (χ4v) is 2.36. The van der Waals surface area contributed by atoms with Crippen LogP contribution in [0.1, 0.15) is 25.6 Å². The molecule has 0 amide bonds. The van der Waals surface area contributed by atoms with Crippen molar-refractivity contribution in [1.82, 2.24) is 19.9 Å². The second-order valence-corrected chi connectivity index (χ2v) is 5.28. The van der Waals surface area contributed by atoms with Crippen molar-refractivity contribution in [3.63, 3.8) is 0 Å². The van der Waals surface area contributed by atoms with Gasteiger partial charge in [0, 0.05) is 30.7 Å². The SMILES string of the molecule is CCNc1nc(NCc2cncs2)nc(N(CC)CC)n1. The largest absolute Gasteiger partial charge is 0.354 e. The van der Waals surface area contributed by atoms with E-state index in [0.717, 1.165) is 24.5 Å². The van der Waals surface area contributed by atoms with E-state index in [0.29, 0.717) is 24.4 Å². The Kier molecular flexibility index (Phi) is 5.68. The van der Waals surface area contributed by atoms with E-state index in [-0.39, 0.29) is 0 Å². The molecule has 0 fully saturated rings. The first-order chi connectivity index (χ1) is 10.3.